The fourth-order valence-electron chi connectivity index (χ4n) is 0. The first kappa shape index (κ1) is 65.4. The summed E-state index contributed by atoms with van der Waals surface area (Å²) >= 11 is 0. The van der Waals surface area contributed by atoms with Crippen molar-refractivity contribution in [1.82, 2.24) is 0 Å². The van der Waals surface area contributed by atoms with Crippen LogP contribution in [0.2, 0.25) is 0 Å². The Morgan fingerprint density at radius 1 is 0.273 bits per heavy atom. The summed E-state index contributed by atoms with van der Waals surface area (Å²) in [5.41, 5.74) is 0. The Balaban J connectivity index is -0.0000000106. The van der Waals surface area contributed by atoms with E-state index < -0.39 is 30.7 Å². The van der Waals surface area contributed by atoms with Gasteiger partial charge in [-0.05, 0) is 0 Å². The molecular weight excluding hydrogens is 569 g/mol. The Morgan fingerprint density at radius 2 is 0.273 bits per heavy atom. The van der Waals surface area contributed by atoms with E-state index in [9.17, 15) is 0 Å². The molecule has 0 fully saturated rings. The predicted molar refractivity (Wildman–Crippen MR) is 21.7 cm³/mol. The third-order valence-electron chi connectivity index (χ3n) is 0. The van der Waals surface area contributed by atoms with Crippen LogP contribution in [0.3, 0.4) is 0 Å². The van der Waals surface area contributed by atoms with Crippen LogP contribution in [0, 0.1) is 67.6 Å². The van der Waals surface area contributed by atoms with E-state index in [4.69, 9.17) is 55.9 Å². The van der Waals surface area contributed by atoms with Gasteiger partial charge >= 0.3 is 36.9 Å². The fourth-order valence-corrected chi connectivity index (χ4v) is 0. The second-order valence-corrected chi connectivity index (χ2v) is 3.40. The molecule has 0 aliphatic rings. The summed E-state index contributed by atoms with van der Waals surface area (Å²) in [6.07, 6.45) is 0. The van der Waals surface area contributed by atoms with E-state index in [0.29, 0.717) is 0 Å². The summed E-state index contributed by atoms with van der Waals surface area (Å²) < 4.78 is 102. The third-order valence-corrected chi connectivity index (χ3v) is 0. The van der Waals surface area contributed by atoms with E-state index in [2.05, 4.69) is 0 Å². The van der Waals surface area contributed by atoms with E-state index in [1.807, 2.05) is 0 Å². The van der Waals surface area contributed by atoms with Crippen molar-refractivity contribution in [1.29, 1.82) is 0 Å². The van der Waals surface area contributed by atoms with Crippen LogP contribution < -0.4 is 55.9 Å². The monoisotopic (exact) mass is 580 g/mol. The maximum absolute atomic E-state index is 8.49. The van der Waals surface area contributed by atoms with Crippen LogP contribution in [0.15, 0.2) is 0 Å². The van der Waals surface area contributed by atoms with Crippen molar-refractivity contribution < 1.29 is 156 Å². The molecule has 0 radical (unpaired) electrons. The van der Waals surface area contributed by atoms with Gasteiger partial charge in [0.2, 0.25) is 0 Å². The largest absolute Gasteiger partial charge is 3.00 e. The molecule has 22 heteroatoms. The molecule has 0 aliphatic heterocycles. The topological polar surface area (TPSA) is 466 Å². The first-order valence-corrected chi connectivity index (χ1v) is 5.55. The van der Waals surface area contributed by atoms with Crippen LogP contribution in [0.1, 0.15) is 0 Å². The second-order valence-electron chi connectivity index (χ2n) is 1.13. The Labute approximate surface area is 155 Å². The summed E-state index contributed by atoms with van der Waals surface area (Å²) in [4.78, 5) is 0. The molecular formula is H12Cl3LuO18. The van der Waals surface area contributed by atoms with Crippen molar-refractivity contribution in [2.75, 3.05) is 0 Å². The minimum atomic E-state index is -4.94. The Morgan fingerprint density at radius 3 is 0.273 bits per heavy atom. The third kappa shape index (κ3) is 4640. The Hall–Kier alpha value is 1.38. The van der Waals surface area contributed by atoms with E-state index >= 15 is 0 Å². The van der Waals surface area contributed by atoms with E-state index in [1.165, 1.54) is 0 Å². The van der Waals surface area contributed by atoms with Crippen molar-refractivity contribution in [2.24, 2.45) is 0 Å². The molecule has 0 atom stereocenters. The smallest absolute Gasteiger partial charge is 0.412 e. The molecule has 0 bridgehead atoms. The van der Waals surface area contributed by atoms with Gasteiger partial charge in [0.15, 0.2) is 0 Å². The summed E-state index contributed by atoms with van der Waals surface area (Å²) in [7, 11) is -14.8. The van der Waals surface area contributed by atoms with Gasteiger partial charge in [-0.15, -0.1) is 30.7 Å². The van der Waals surface area contributed by atoms with E-state index in [0.717, 1.165) is 0 Å². The van der Waals surface area contributed by atoms with Crippen LogP contribution in [0.5, 0.6) is 0 Å². The summed E-state index contributed by atoms with van der Waals surface area (Å²) in [5.74, 6) is 0. The molecule has 0 saturated carbocycles. The van der Waals surface area contributed by atoms with Gasteiger partial charge < -0.3 is 32.9 Å². The molecule has 18 nitrogen and oxygen atoms in total. The molecule has 0 heterocycles. The number of rotatable bonds is 0. The molecule has 0 aromatic rings. The van der Waals surface area contributed by atoms with Gasteiger partial charge in [-0.1, -0.05) is 0 Å². The molecule has 0 saturated heterocycles. The molecule has 0 aliphatic carbocycles. The zero-order valence-corrected chi connectivity index (χ0v) is 13.2. The predicted octanol–water partition coefficient (Wildman–Crippen LogP) is -19.2. The first-order chi connectivity index (χ1) is 6.00. The van der Waals surface area contributed by atoms with Crippen molar-refractivity contribution in [3.8, 4) is 0 Å². The van der Waals surface area contributed by atoms with Gasteiger partial charge in [0.25, 0.3) is 0 Å². The zero-order valence-electron chi connectivity index (χ0n) is 9.29. The van der Waals surface area contributed by atoms with E-state index in [-0.39, 0.29) is 69.7 Å². The van der Waals surface area contributed by atoms with Gasteiger partial charge in [-0.3, -0.25) is 0 Å². The van der Waals surface area contributed by atoms with Gasteiger partial charge in [-0.2, -0.15) is 0 Å². The van der Waals surface area contributed by atoms with Crippen LogP contribution in [0.25, 0.3) is 0 Å². The average molecular weight is 581 g/mol. The van der Waals surface area contributed by atoms with E-state index in [1.54, 1.807) is 0 Å². The Kier molecular flexibility index (Phi) is 81.0. The quantitative estimate of drug-likeness (QED) is 0.257. The standard InChI is InChI=1S/3ClHO4.Lu.6H2O/c3*2-1(3,4)5;;;;;;;/h3*(H,2,3,4,5);;6*1H2/q;;;+3;;;;;;/p-3. The minimum absolute atomic E-state index is 0. The number of halogens is 3. The zero-order chi connectivity index (χ0) is 13.5. The van der Waals surface area contributed by atoms with Crippen molar-refractivity contribution in [2.45, 2.75) is 0 Å². The van der Waals surface area contributed by atoms with Gasteiger partial charge in [0.1, 0.15) is 0 Å². The number of hydrogen-bond donors (Lipinski definition) is 0. The van der Waals surface area contributed by atoms with Crippen LogP contribution in [-0.2, 0) is 0 Å². The Bertz CT molecular complexity index is 93.4. The van der Waals surface area contributed by atoms with Crippen molar-refractivity contribution in [3.63, 3.8) is 0 Å². The molecule has 0 rings (SSSR count). The SMILES string of the molecule is O.O.O.O.O.O.[Lu+3].[O-][Cl+3]([O-])([O-])[O-].[O-][Cl+3]([O-])([O-])[O-].[O-][Cl+3]([O-])([O-])[O-]. The molecule has 0 aromatic carbocycles. The maximum atomic E-state index is 8.49. The summed E-state index contributed by atoms with van der Waals surface area (Å²) in [6.45, 7) is 0. The molecule has 0 spiro atoms. The molecule has 156 valence electrons. The van der Waals surface area contributed by atoms with Crippen LogP contribution in [0.4, 0.5) is 0 Å². The van der Waals surface area contributed by atoms with Crippen LogP contribution in [-0.4, -0.2) is 32.9 Å². The normalized spacial score (nSPS) is 8.18. The first-order valence-electron chi connectivity index (χ1n) is 1.85. The molecule has 0 aromatic heterocycles. The molecule has 12 N–H and O–H groups in total. The minimum Gasteiger partial charge on any atom is -0.412 e. The second kappa shape index (κ2) is 27.2. The van der Waals surface area contributed by atoms with Crippen molar-refractivity contribution >= 4 is 0 Å². The fraction of sp³-hybridized carbons (Fsp3) is 0. The molecule has 0 amide bonds. The van der Waals surface area contributed by atoms with Gasteiger partial charge in [0, 0.05) is 0 Å². The molecule has 22 heavy (non-hydrogen) atoms. The molecule has 0 unspecified atom stereocenters. The van der Waals surface area contributed by atoms with Gasteiger partial charge in [-0.25, -0.2) is 55.9 Å². The number of hydrogen-bond acceptors (Lipinski definition) is 12. The van der Waals surface area contributed by atoms with Crippen LogP contribution >= 0.6 is 0 Å². The maximum Gasteiger partial charge on any atom is 3.00 e. The summed E-state index contributed by atoms with van der Waals surface area (Å²) in [6, 6.07) is 0. The summed E-state index contributed by atoms with van der Waals surface area (Å²) in [5, 5.41) is 0. The van der Waals surface area contributed by atoms with Gasteiger partial charge in [0.05, 0.1) is 0 Å². The average Bonchev–Trinajstić information content (AvgIpc) is 1.41. The van der Waals surface area contributed by atoms with Crippen molar-refractivity contribution in [3.05, 3.63) is 0 Å².